The molecule has 2 N–H and O–H groups in total. The summed E-state index contributed by atoms with van der Waals surface area (Å²) in [6.45, 7) is 6.68. The highest BCUT2D eigenvalue weighted by Crippen LogP contribution is 2.36. The lowest BCUT2D eigenvalue weighted by Crippen LogP contribution is -2.40. The Morgan fingerprint density at radius 1 is 1.48 bits per heavy atom. The highest BCUT2D eigenvalue weighted by atomic mass is 79.9. The van der Waals surface area contributed by atoms with Crippen molar-refractivity contribution < 1.29 is 4.55 Å². The van der Waals surface area contributed by atoms with Crippen LogP contribution in [0.3, 0.4) is 0 Å². The first-order chi connectivity index (χ1) is 10.8. The Labute approximate surface area is 148 Å². The Morgan fingerprint density at radius 3 is 2.91 bits per heavy atom. The Morgan fingerprint density at radius 2 is 2.22 bits per heavy atom. The number of hydrogen-bond acceptors (Lipinski definition) is 4. The van der Waals surface area contributed by atoms with Gasteiger partial charge in [0.05, 0.1) is 11.4 Å². The summed E-state index contributed by atoms with van der Waals surface area (Å²) in [5, 5.41) is 14.2. The van der Waals surface area contributed by atoms with Crippen molar-refractivity contribution in [2.45, 2.75) is 44.9 Å². The van der Waals surface area contributed by atoms with Crippen molar-refractivity contribution in [1.29, 1.82) is 0 Å². The van der Waals surface area contributed by atoms with E-state index in [2.05, 4.69) is 44.4 Å². The molecule has 5 nitrogen and oxygen atoms in total. The Balaban J connectivity index is 2.03. The molecular formula is C16H21BrN4OS. The van der Waals surface area contributed by atoms with Gasteiger partial charge in [0.2, 0.25) is 0 Å². The van der Waals surface area contributed by atoms with Gasteiger partial charge in [-0.05, 0) is 50.8 Å². The van der Waals surface area contributed by atoms with Gasteiger partial charge in [0.1, 0.15) is 4.75 Å². The number of fused-ring (bicyclic) bond motifs is 3. The van der Waals surface area contributed by atoms with Crippen LogP contribution < -0.4 is 5.14 Å². The summed E-state index contributed by atoms with van der Waals surface area (Å²) < 4.78 is 14.4. The molecule has 2 atom stereocenters. The molecule has 23 heavy (non-hydrogen) atoms. The summed E-state index contributed by atoms with van der Waals surface area (Å²) in [5.74, 6) is 0.313. The SMILES string of the molecule is Cc1nnn2c1-c1ccc(Br)cc1CC(CC(C)(C)[S@@+](N)[O-])C2. The Hall–Kier alpha value is -0.890. The van der Waals surface area contributed by atoms with Crippen molar-refractivity contribution in [3.05, 3.63) is 33.9 Å². The van der Waals surface area contributed by atoms with Crippen molar-refractivity contribution in [1.82, 2.24) is 15.0 Å². The van der Waals surface area contributed by atoms with E-state index in [4.69, 9.17) is 5.14 Å². The largest absolute Gasteiger partial charge is 0.598 e. The lowest BCUT2D eigenvalue weighted by atomic mass is 9.89. The zero-order valence-corrected chi connectivity index (χ0v) is 15.9. The highest BCUT2D eigenvalue weighted by molar-refractivity contribution is 9.10. The third kappa shape index (κ3) is 3.33. The number of halogens is 1. The second-order valence-electron chi connectivity index (χ2n) is 6.84. The van der Waals surface area contributed by atoms with Crippen molar-refractivity contribution in [2.75, 3.05) is 0 Å². The van der Waals surface area contributed by atoms with E-state index in [1.807, 2.05) is 25.5 Å². The molecule has 1 unspecified atom stereocenters. The van der Waals surface area contributed by atoms with E-state index in [0.29, 0.717) is 5.92 Å². The first kappa shape index (κ1) is 17.0. The Bertz CT molecular complexity index is 729. The van der Waals surface area contributed by atoms with Crippen LogP contribution in [0, 0.1) is 12.8 Å². The second kappa shape index (κ2) is 6.20. The molecule has 0 bridgehead atoms. The number of aromatic nitrogens is 3. The average Bonchev–Trinajstić information content (AvgIpc) is 2.72. The second-order valence-corrected chi connectivity index (χ2v) is 9.45. The summed E-state index contributed by atoms with van der Waals surface area (Å²) in [6.07, 6.45) is 1.69. The molecule has 124 valence electrons. The van der Waals surface area contributed by atoms with Crippen molar-refractivity contribution >= 4 is 27.3 Å². The first-order valence-electron chi connectivity index (χ1n) is 7.63. The third-order valence-corrected chi connectivity index (χ3v) is 6.24. The van der Waals surface area contributed by atoms with Crippen LogP contribution in [0.5, 0.6) is 0 Å². The van der Waals surface area contributed by atoms with E-state index in [-0.39, 0.29) is 0 Å². The average molecular weight is 397 g/mol. The summed E-state index contributed by atoms with van der Waals surface area (Å²) in [4.78, 5) is 0. The van der Waals surface area contributed by atoms with E-state index in [0.717, 1.165) is 35.2 Å². The van der Waals surface area contributed by atoms with E-state index >= 15 is 0 Å². The molecule has 0 radical (unpaired) electrons. The van der Waals surface area contributed by atoms with Crippen molar-refractivity contribution in [3.8, 4) is 11.3 Å². The molecule has 3 rings (SSSR count). The fourth-order valence-electron chi connectivity index (χ4n) is 3.36. The molecule has 0 spiro atoms. The van der Waals surface area contributed by atoms with Gasteiger partial charge in [-0.1, -0.05) is 27.2 Å². The first-order valence-corrected chi connectivity index (χ1v) is 9.63. The van der Waals surface area contributed by atoms with Crippen LogP contribution in [0.15, 0.2) is 22.7 Å². The number of rotatable bonds is 3. The number of benzene rings is 1. The van der Waals surface area contributed by atoms with Gasteiger partial charge < -0.3 is 4.55 Å². The van der Waals surface area contributed by atoms with E-state index < -0.39 is 16.1 Å². The molecule has 0 saturated heterocycles. The van der Waals surface area contributed by atoms with Gasteiger partial charge in [-0.2, -0.15) is 5.14 Å². The standard InChI is InChI=1S/C16H21BrN4OS/c1-10-15-14-5-4-13(17)7-12(14)6-11(9-21(15)20-19-10)8-16(2,3)23(18)22/h4-5,7,11H,6,8-9,18H2,1-3H3/t11?,23-/m0/s1. The van der Waals surface area contributed by atoms with Crippen LogP contribution in [-0.4, -0.2) is 24.3 Å². The fourth-order valence-corrected chi connectivity index (χ4v) is 4.17. The topological polar surface area (TPSA) is 79.8 Å². The van der Waals surface area contributed by atoms with Gasteiger partial charge in [0.25, 0.3) is 0 Å². The van der Waals surface area contributed by atoms with Gasteiger partial charge >= 0.3 is 0 Å². The minimum Gasteiger partial charge on any atom is -0.598 e. The van der Waals surface area contributed by atoms with Gasteiger partial charge in [-0.25, -0.2) is 4.68 Å². The zero-order chi connectivity index (χ0) is 16.8. The van der Waals surface area contributed by atoms with Gasteiger partial charge in [0.15, 0.2) is 0 Å². The highest BCUT2D eigenvalue weighted by Gasteiger charge is 2.35. The molecule has 1 aliphatic rings. The van der Waals surface area contributed by atoms with E-state index in [1.165, 1.54) is 11.1 Å². The minimum atomic E-state index is -1.35. The number of aryl methyl sites for hydroxylation is 1. The summed E-state index contributed by atoms with van der Waals surface area (Å²) in [6, 6.07) is 6.34. The van der Waals surface area contributed by atoms with Crippen LogP contribution in [0.4, 0.5) is 0 Å². The smallest absolute Gasteiger partial charge is 0.139 e. The molecule has 0 aliphatic carbocycles. The molecule has 1 aromatic heterocycles. The predicted molar refractivity (Wildman–Crippen MR) is 96.1 cm³/mol. The van der Waals surface area contributed by atoms with Crippen LogP contribution in [-0.2, 0) is 24.3 Å². The molecule has 1 aliphatic heterocycles. The van der Waals surface area contributed by atoms with Crippen LogP contribution >= 0.6 is 15.9 Å². The maximum atomic E-state index is 11.8. The van der Waals surface area contributed by atoms with Gasteiger partial charge in [-0.15, -0.1) is 5.10 Å². The normalized spacial score (nSPS) is 19.0. The van der Waals surface area contributed by atoms with Crippen molar-refractivity contribution in [2.24, 2.45) is 11.1 Å². The summed E-state index contributed by atoms with van der Waals surface area (Å²) in [5.41, 5.74) is 4.48. The zero-order valence-electron chi connectivity index (χ0n) is 13.5. The molecule has 1 aromatic carbocycles. The Kier molecular flexibility index (Phi) is 4.57. The molecule has 7 heteroatoms. The van der Waals surface area contributed by atoms with Gasteiger partial charge in [0, 0.05) is 34.4 Å². The monoisotopic (exact) mass is 396 g/mol. The molecule has 2 heterocycles. The molecule has 0 amide bonds. The quantitative estimate of drug-likeness (QED) is 0.808. The number of nitrogens with two attached hydrogens (primary N) is 1. The predicted octanol–water partition coefficient (Wildman–Crippen LogP) is 2.98. The molecule has 0 saturated carbocycles. The maximum absolute atomic E-state index is 11.8. The molecule has 0 fully saturated rings. The van der Waals surface area contributed by atoms with Crippen LogP contribution in [0.1, 0.15) is 31.5 Å². The van der Waals surface area contributed by atoms with Crippen molar-refractivity contribution in [3.63, 3.8) is 0 Å². The maximum Gasteiger partial charge on any atom is 0.139 e. The van der Waals surface area contributed by atoms with E-state index in [1.54, 1.807) is 0 Å². The fraction of sp³-hybridized carbons (Fsp3) is 0.500. The lowest BCUT2D eigenvalue weighted by Gasteiger charge is -2.28. The minimum absolute atomic E-state index is 0.313. The molecule has 2 aromatic rings. The molecular weight excluding hydrogens is 376 g/mol. The van der Waals surface area contributed by atoms with Crippen LogP contribution in [0.2, 0.25) is 0 Å². The van der Waals surface area contributed by atoms with E-state index in [9.17, 15) is 4.55 Å². The third-order valence-electron chi connectivity index (χ3n) is 4.49. The lowest BCUT2D eigenvalue weighted by molar-refractivity contribution is 0.355. The van der Waals surface area contributed by atoms with Gasteiger partial charge in [-0.3, -0.25) is 0 Å². The summed E-state index contributed by atoms with van der Waals surface area (Å²) in [7, 11) is 0. The number of hydrogen-bond donors (Lipinski definition) is 1. The summed E-state index contributed by atoms with van der Waals surface area (Å²) >= 11 is 2.21. The van der Waals surface area contributed by atoms with Crippen LogP contribution in [0.25, 0.3) is 11.3 Å². The number of nitrogens with zero attached hydrogens (tertiary/aromatic N) is 3.